The molecule has 9 heteroatoms. The van der Waals surface area contributed by atoms with Crippen LogP contribution in [0.3, 0.4) is 0 Å². The smallest absolute Gasteiger partial charge is 0.187 e. The van der Waals surface area contributed by atoms with Gasteiger partial charge in [0.05, 0.1) is 22.0 Å². The van der Waals surface area contributed by atoms with E-state index in [0.29, 0.717) is 28.8 Å². The van der Waals surface area contributed by atoms with Crippen molar-refractivity contribution in [3.8, 4) is 23.3 Å². The number of hydrogen-bond donors (Lipinski definition) is 0. The van der Waals surface area contributed by atoms with Crippen molar-refractivity contribution in [2.75, 3.05) is 18.7 Å². The SMILES string of the molecule is CSc1ncc(COc2ccc3c(ccn3-c3cc(Cl)c(OCCCl)c(C#N)c3)c2)cn1. The molecule has 2 aromatic carbocycles. The predicted molar refractivity (Wildman–Crippen MR) is 127 cm³/mol. The minimum atomic E-state index is 0.276. The van der Waals surface area contributed by atoms with Gasteiger partial charge in [-0.15, -0.1) is 11.6 Å². The third kappa shape index (κ3) is 4.78. The standard InChI is InChI=1S/C23H18Cl2N4O2S/c1-32-23-27-12-15(13-28-23)14-31-19-2-3-21-16(9-19)4-6-29(21)18-8-17(11-26)22(20(25)10-18)30-7-5-24/h2-4,6,8-10,12-13H,5,7,14H2,1H3. The Balaban J connectivity index is 1.57. The van der Waals surface area contributed by atoms with Crippen LogP contribution >= 0.6 is 35.0 Å². The van der Waals surface area contributed by atoms with E-state index in [1.54, 1.807) is 24.5 Å². The van der Waals surface area contributed by atoms with Crippen LogP contribution in [0, 0.1) is 11.3 Å². The van der Waals surface area contributed by atoms with E-state index in [-0.39, 0.29) is 6.61 Å². The van der Waals surface area contributed by atoms with Gasteiger partial charge >= 0.3 is 0 Å². The number of benzene rings is 2. The molecule has 0 saturated heterocycles. The summed E-state index contributed by atoms with van der Waals surface area (Å²) >= 11 is 13.6. The number of hydrogen-bond acceptors (Lipinski definition) is 6. The molecule has 0 N–H and O–H groups in total. The number of ether oxygens (including phenoxy) is 2. The van der Waals surface area contributed by atoms with Gasteiger partial charge in [-0.25, -0.2) is 9.97 Å². The molecule has 0 spiro atoms. The molecule has 2 heterocycles. The lowest BCUT2D eigenvalue weighted by atomic mass is 10.2. The average molecular weight is 485 g/mol. The Hall–Kier alpha value is -2.92. The summed E-state index contributed by atoms with van der Waals surface area (Å²) in [5, 5.41) is 11.6. The van der Waals surface area contributed by atoms with Gasteiger partial charge in [0.1, 0.15) is 25.0 Å². The molecular formula is C23H18Cl2N4O2S. The molecule has 4 aromatic rings. The van der Waals surface area contributed by atoms with Gasteiger partial charge in [0.25, 0.3) is 0 Å². The molecule has 4 rings (SSSR count). The normalized spacial score (nSPS) is 10.8. The first kappa shape index (κ1) is 22.3. The lowest BCUT2D eigenvalue weighted by molar-refractivity contribution is 0.305. The van der Waals surface area contributed by atoms with Crippen LogP contribution in [0.15, 0.2) is 60.1 Å². The first-order chi connectivity index (χ1) is 15.6. The average Bonchev–Trinajstić information content (AvgIpc) is 3.25. The van der Waals surface area contributed by atoms with Crippen molar-refractivity contribution in [3.05, 3.63) is 71.1 Å². The fourth-order valence-corrected chi connectivity index (χ4v) is 3.88. The van der Waals surface area contributed by atoms with E-state index in [1.165, 1.54) is 11.8 Å². The monoisotopic (exact) mass is 484 g/mol. The maximum absolute atomic E-state index is 9.54. The number of nitrogens with zero attached hydrogens (tertiary/aromatic N) is 4. The summed E-state index contributed by atoms with van der Waals surface area (Å²) in [7, 11) is 0. The fraction of sp³-hybridized carbons (Fsp3) is 0.174. The first-order valence-corrected chi connectivity index (χ1v) is 11.8. The van der Waals surface area contributed by atoms with Gasteiger partial charge in [0.2, 0.25) is 0 Å². The molecular weight excluding hydrogens is 467 g/mol. The highest BCUT2D eigenvalue weighted by Crippen LogP contribution is 2.33. The second kappa shape index (κ2) is 10.1. The van der Waals surface area contributed by atoms with Crippen molar-refractivity contribution in [3.63, 3.8) is 0 Å². The minimum absolute atomic E-state index is 0.276. The van der Waals surface area contributed by atoms with Crippen LogP contribution in [0.1, 0.15) is 11.1 Å². The molecule has 0 aliphatic rings. The number of aromatic nitrogens is 3. The lowest BCUT2D eigenvalue weighted by Gasteiger charge is -2.12. The third-order valence-corrected chi connectivity index (χ3v) is 5.69. The summed E-state index contributed by atoms with van der Waals surface area (Å²) in [5.74, 6) is 1.40. The Kier molecular flexibility index (Phi) is 7.05. The van der Waals surface area contributed by atoms with Crippen LogP contribution in [0.5, 0.6) is 11.5 Å². The van der Waals surface area contributed by atoms with Gasteiger partial charge < -0.3 is 14.0 Å². The van der Waals surface area contributed by atoms with Gasteiger partial charge in [-0.3, -0.25) is 0 Å². The molecule has 0 radical (unpaired) electrons. The number of halogens is 2. The molecule has 2 aromatic heterocycles. The highest BCUT2D eigenvalue weighted by atomic mass is 35.5. The number of rotatable bonds is 8. The van der Waals surface area contributed by atoms with Gasteiger partial charge in [-0.2, -0.15) is 5.26 Å². The van der Waals surface area contributed by atoms with E-state index >= 15 is 0 Å². The van der Waals surface area contributed by atoms with Crippen LogP contribution < -0.4 is 9.47 Å². The second-order valence-electron chi connectivity index (χ2n) is 6.73. The van der Waals surface area contributed by atoms with Crippen molar-refractivity contribution >= 4 is 45.9 Å². The quantitative estimate of drug-likeness (QED) is 0.177. The maximum Gasteiger partial charge on any atom is 0.187 e. The molecule has 0 atom stereocenters. The number of fused-ring (bicyclic) bond motifs is 1. The van der Waals surface area contributed by atoms with E-state index in [0.717, 1.165) is 33.1 Å². The molecule has 0 amide bonds. The van der Waals surface area contributed by atoms with Crippen molar-refractivity contribution in [1.29, 1.82) is 5.26 Å². The number of alkyl halides is 1. The Labute approximate surface area is 199 Å². The lowest BCUT2D eigenvalue weighted by Crippen LogP contribution is -2.02. The topological polar surface area (TPSA) is 73.0 Å². The van der Waals surface area contributed by atoms with Gasteiger partial charge in [0, 0.05) is 35.2 Å². The van der Waals surface area contributed by atoms with Crippen LogP contribution in [0.2, 0.25) is 5.02 Å². The van der Waals surface area contributed by atoms with Gasteiger partial charge in [-0.1, -0.05) is 23.4 Å². The molecule has 162 valence electrons. The van der Waals surface area contributed by atoms with Gasteiger partial charge in [0.15, 0.2) is 10.9 Å². The zero-order valence-electron chi connectivity index (χ0n) is 17.1. The van der Waals surface area contributed by atoms with Crippen LogP contribution in [0.25, 0.3) is 16.6 Å². The van der Waals surface area contributed by atoms with Crippen molar-refractivity contribution < 1.29 is 9.47 Å². The molecule has 32 heavy (non-hydrogen) atoms. The number of nitriles is 1. The highest BCUT2D eigenvalue weighted by Gasteiger charge is 2.14. The summed E-state index contributed by atoms with van der Waals surface area (Å²) in [4.78, 5) is 8.52. The van der Waals surface area contributed by atoms with Gasteiger partial charge in [-0.05, 0) is 42.7 Å². The van der Waals surface area contributed by atoms with E-state index in [4.69, 9.17) is 32.7 Å². The summed E-state index contributed by atoms with van der Waals surface area (Å²) < 4.78 is 13.4. The van der Waals surface area contributed by atoms with Crippen LogP contribution in [-0.4, -0.2) is 33.3 Å². The Morgan fingerprint density at radius 2 is 1.94 bits per heavy atom. The first-order valence-electron chi connectivity index (χ1n) is 9.64. The Morgan fingerprint density at radius 1 is 1.12 bits per heavy atom. The summed E-state index contributed by atoms with van der Waals surface area (Å²) in [5.41, 5.74) is 2.98. The number of thioether (sulfide) groups is 1. The molecule has 0 fully saturated rings. The zero-order chi connectivity index (χ0) is 22.5. The van der Waals surface area contributed by atoms with E-state index < -0.39 is 0 Å². The molecule has 0 aliphatic heterocycles. The molecule has 6 nitrogen and oxygen atoms in total. The Morgan fingerprint density at radius 3 is 2.66 bits per heavy atom. The van der Waals surface area contributed by atoms with Crippen LogP contribution in [0.4, 0.5) is 0 Å². The zero-order valence-corrected chi connectivity index (χ0v) is 19.4. The molecule has 0 bridgehead atoms. The largest absolute Gasteiger partial charge is 0.489 e. The molecule has 0 unspecified atom stereocenters. The molecule has 0 aliphatic carbocycles. The second-order valence-corrected chi connectivity index (χ2v) is 8.29. The third-order valence-electron chi connectivity index (χ3n) is 4.68. The van der Waals surface area contributed by atoms with Crippen molar-refractivity contribution in [1.82, 2.24) is 14.5 Å². The molecule has 0 saturated carbocycles. The summed E-state index contributed by atoms with van der Waals surface area (Å²) in [6.45, 7) is 0.657. The summed E-state index contributed by atoms with van der Waals surface area (Å²) in [6.07, 6.45) is 7.40. The van der Waals surface area contributed by atoms with Crippen molar-refractivity contribution in [2.45, 2.75) is 11.8 Å². The predicted octanol–water partition coefficient (Wildman–Crippen LogP) is 5.86. The van der Waals surface area contributed by atoms with Crippen LogP contribution in [-0.2, 0) is 6.61 Å². The van der Waals surface area contributed by atoms with E-state index in [9.17, 15) is 5.26 Å². The Bertz CT molecular complexity index is 1290. The maximum atomic E-state index is 9.54. The van der Waals surface area contributed by atoms with Crippen molar-refractivity contribution in [2.24, 2.45) is 0 Å². The highest BCUT2D eigenvalue weighted by molar-refractivity contribution is 7.98. The fourth-order valence-electron chi connectivity index (χ4n) is 3.21. The van der Waals surface area contributed by atoms with E-state index in [2.05, 4.69) is 16.0 Å². The minimum Gasteiger partial charge on any atom is -0.489 e. The van der Waals surface area contributed by atoms with E-state index in [1.807, 2.05) is 41.3 Å². The summed E-state index contributed by atoms with van der Waals surface area (Å²) in [6, 6.07) is 13.5.